The largest absolute Gasteiger partial charge is 0.416 e. The van der Waals surface area contributed by atoms with Crippen LogP contribution >= 0.6 is 12.4 Å². The predicted octanol–water partition coefficient (Wildman–Crippen LogP) is 3.50. The Morgan fingerprint density at radius 3 is 2.18 bits per heavy atom. The molecule has 1 aliphatic heterocycles. The number of alkyl halides is 3. The zero-order chi connectivity index (χ0) is 11.6. The number of hydrogen-bond acceptors (Lipinski definition) is 1. The highest BCUT2D eigenvalue weighted by Gasteiger charge is 2.30. The van der Waals surface area contributed by atoms with Gasteiger partial charge in [-0.15, -0.1) is 12.4 Å². The summed E-state index contributed by atoms with van der Waals surface area (Å²) in [4.78, 5) is 0. The molecule has 0 atom stereocenters. The lowest BCUT2D eigenvalue weighted by atomic mass is 10.0. The van der Waals surface area contributed by atoms with Gasteiger partial charge >= 0.3 is 6.18 Å². The van der Waals surface area contributed by atoms with Crippen LogP contribution in [0.1, 0.15) is 17.5 Å². The molecule has 1 aliphatic rings. The molecule has 2 rings (SSSR count). The van der Waals surface area contributed by atoms with Gasteiger partial charge in [0.05, 0.1) is 5.56 Å². The first-order valence-corrected chi connectivity index (χ1v) is 5.15. The van der Waals surface area contributed by atoms with Crippen molar-refractivity contribution in [1.29, 1.82) is 0 Å². The van der Waals surface area contributed by atoms with Crippen LogP contribution in [0.5, 0.6) is 0 Å². The molecule has 0 unspecified atom stereocenters. The first kappa shape index (κ1) is 14.1. The highest BCUT2D eigenvalue weighted by Crippen LogP contribution is 2.30. The van der Waals surface area contributed by atoms with Crippen LogP contribution in [0.15, 0.2) is 30.3 Å². The number of halogens is 4. The van der Waals surface area contributed by atoms with E-state index in [0.717, 1.165) is 42.8 Å². The molecule has 0 saturated heterocycles. The fourth-order valence-electron chi connectivity index (χ4n) is 1.74. The minimum Gasteiger partial charge on any atom is -0.312 e. The summed E-state index contributed by atoms with van der Waals surface area (Å²) in [5, 5.41) is 3.19. The molecule has 0 radical (unpaired) electrons. The monoisotopic (exact) mass is 263 g/mol. The Balaban J connectivity index is 0.00000144. The lowest BCUT2D eigenvalue weighted by Gasteiger charge is -2.15. The summed E-state index contributed by atoms with van der Waals surface area (Å²) in [6.45, 7) is 1.66. The molecule has 0 saturated carbocycles. The SMILES string of the molecule is Cl.FC(F)(F)c1ccc(C2=CCCNC2)cc1. The maximum atomic E-state index is 12.3. The van der Waals surface area contributed by atoms with Crippen molar-refractivity contribution in [3.63, 3.8) is 0 Å². The van der Waals surface area contributed by atoms with Gasteiger partial charge in [-0.1, -0.05) is 18.2 Å². The van der Waals surface area contributed by atoms with Crippen molar-refractivity contribution in [2.75, 3.05) is 13.1 Å². The molecular weight excluding hydrogens is 251 g/mol. The summed E-state index contributed by atoms with van der Waals surface area (Å²) in [7, 11) is 0. The summed E-state index contributed by atoms with van der Waals surface area (Å²) in [6, 6.07) is 5.32. The molecule has 0 amide bonds. The quantitative estimate of drug-likeness (QED) is 0.818. The number of hydrogen-bond donors (Lipinski definition) is 1. The molecule has 1 heterocycles. The minimum absolute atomic E-state index is 0. The fourth-order valence-corrected chi connectivity index (χ4v) is 1.74. The third-order valence-corrected chi connectivity index (χ3v) is 2.61. The maximum absolute atomic E-state index is 12.3. The summed E-state index contributed by atoms with van der Waals surface area (Å²) in [5.41, 5.74) is 1.33. The molecule has 1 aromatic rings. The Morgan fingerprint density at radius 1 is 1.06 bits per heavy atom. The Bertz CT molecular complexity index is 395. The van der Waals surface area contributed by atoms with Crippen molar-refractivity contribution in [1.82, 2.24) is 5.32 Å². The van der Waals surface area contributed by atoms with Gasteiger partial charge in [-0.05, 0) is 36.2 Å². The third-order valence-electron chi connectivity index (χ3n) is 2.61. The van der Waals surface area contributed by atoms with Crippen molar-refractivity contribution in [2.45, 2.75) is 12.6 Å². The van der Waals surface area contributed by atoms with Gasteiger partial charge in [0, 0.05) is 6.54 Å². The molecule has 1 N–H and O–H groups in total. The van der Waals surface area contributed by atoms with E-state index in [1.165, 1.54) is 12.1 Å². The van der Waals surface area contributed by atoms with E-state index in [4.69, 9.17) is 0 Å². The van der Waals surface area contributed by atoms with Gasteiger partial charge in [0.2, 0.25) is 0 Å². The molecule has 17 heavy (non-hydrogen) atoms. The van der Waals surface area contributed by atoms with Crippen LogP contribution in [0.4, 0.5) is 13.2 Å². The van der Waals surface area contributed by atoms with E-state index in [9.17, 15) is 13.2 Å². The average molecular weight is 264 g/mol. The minimum atomic E-state index is -4.25. The Labute approximate surface area is 104 Å². The van der Waals surface area contributed by atoms with Gasteiger partial charge in [-0.25, -0.2) is 0 Å². The predicted molar refractivity (Wildman–Crippen MR) is 64.2 cm³/mol. The average Bonchev–Trinajstić information content (AvgIpc) is 2.29. The van der Waals surface area contributed by atoms with Crippen LogP contribution in [0, 0.1) is 0 Å². The molecule has 94 valence electrons. The van der Waals surface area contributed by atoms with Crippen molar-refractivity contribution >= 4 is 18.0 Å². The Kier molecular flexibility index (Phi) is 4.60. The van der Waals surface area contributed by atoms with E-state index in [-0.39, 0.29) is 12.4 Å². The molecule has 1 aromatic carbocycles. The lowest BCUT2D eigenvalue weighted by molar-refractivity contribution is -0.137. The van der Waals surface area contributed by atoms with Gasteiger partial charge in [-0.3, -0.25) is 0 Å². The third kappa shape index (κ3) is 3.48. The topological polar surface area (TPSA) is 12.0 Å². The van der Waals surface area contributed by atoms with Gasteiger partial charge in [0.1, 0.15) is 0 Å². The van der Waals surface area contributed by atoms with Gasteiger partial charge in [0.15, 0.2) is 0 Å². The highest BCUT2D eigenvalue weighted by molar-refractivity contribution is 5.85. The lowest BCUT2D eigenvalue weighted by Crippen LogP contribution is -2.21. The van der Waals surface area contributed by atoms with Gasteiger partial charge in [-0.2, -0.15) is 13.2 Å². The fraction of sp³-hybridized carbons (Fsp3) is 0.333. The highest BCUT2D eigenvalue weighted by atomic mass is 35.5. The summed E-state index contributed by atoms with van der Waals surface area (Å²) in [5.74, 6) is 0. The second kappa shape index (κ2) is 5.56. The van der Waals surface area contributed by atoms with E-state index in [2.05, 4.69) is 11.4 Å². The zero-order valence-electron chi connectivity index (χ0n) is 9.05. The normalized spacial score (nSPS) is 16.1. The number of benzene rings is 1. The first-order valence-electron chi connectivity index (χ1n) is 5.15. The van der Waals surface area contributed by atoms with Crippen molar-refractivity contribution in [3.05, 3.63) is 41.5 Å². The van der Waals surface area contributed by atoms with Gasteiger partial charge in [0.25, 0.3) is 0 Å². The summed E-state index contributed by atoms with van der Waals surface area (Å²) < 4.78 is 37.0. The second-order valence-corrected chi connectivity index (χ2v) is 3.77. The smallest absolute Gasteiger partial charge is 0.312 e. The van der Waals surface area contributed by atoms with Gasteiger partial charge < -0.3 is 5.32 Å². The van der Waals surface area contributed by atoms with E-state index in [0.29, 0.717) is 0 Å². The summed E-state index contributed by atoms with van der Waals surface area (Å²) in [6.07, 6.45) is -1.26. The van der Waals surface area contributed by atoms with Crippen LogP contribution in [0.3, 0.4) is 0 Å². The number of nitrogens with one attached hydrogen (secondary N) is 1. The standard InChI is InChI=1S/C12H12F3N.ClH/c13-12(14,15)11-5-3-9(4-6-11)10-2-1-7-16-8-10;/h2-6,16H,1,7-8H2;1H. The molecule has 0 spiro atoms. The Hall–Kier alpha value is -1.00. The molecule has 1 nitrogen and oxygen atoms in total. The molecule has 5 heteroatoms. The molecule has 0 fully saturated rings. The zero-order valence-corrected chi connectivity index (χ0v) is 9.87. The summed E-state index contributed by atoms with van der Waals surface area (Å²) >= 11 is 0. The van der Waals surface area contributed by atoms with Crippen LogP contribution < -0.4 is 5.32 Å². The Morgan fingerprint density at radius 2 is 1.71 bits per heavy atom. The van der Waals surface area contributed by atoms with E-state index < -0.39 is 11.7 Å². The van der Waals surface area contributed by atoms with Crippen LogP contribution in [-0.4, -0.2) is 13.1 Å². The molecule has 0 bridgehead atoms. The number of rotatable bonds is 1. The van der Waals surface area contributed by atoms with Crippen molar-refractivity contribution in [2.24, 2.45) is 0 Å². The van der Waals surface area contributed by atoms with Crippen LogP contribution in [0.2, 0.25) is 0 Å². The van der Waals surface area contributed by atoms with Crippen LogP contribution in [-0.2, 0) is 6.18 Å². The van der Waals surface area contributed by atoms with E-state index in [1.54, 1.807) is 0 Å². The molecule has 0 aromatic heterocycles. The molecular formula is C12H13ClF3N. The van der Waals surface area contributed by atoms with E-state index >= 15 is 0 Å². The van der Waals surface area contributed by atoms with Crippen molar-refractivity contribution in [3.8, 4) is 0 Å². The molecule has 0 aliphatic carbocycles. The van der Waals surface area contributed by atoms with Crippen LogP contribution in [0.25, 0.3) is 5.57 Å². The first-order chi connectivity index (χ1) is 7.57. The second-order valence-electron chi connectivity index (χ2n) is 3.77. The van der Waals surface area contributed by atoms with Crippen molar-refractivity contribution < 1.29 is 13.2 Å². The van der Waals surface area contributed by atoms with E-state index in [1.807, 2.05) is 0 Å². The maximum Gasteiger partial charge on any atom is 0.416 e.